The van der Waals surface area contributed by atoms with E-state index in [0.717, 1.165) is 27.4 Å². The van der Waals surface area contributed by atoms with Crippen molar-refractivity contribution >= 4 is 33.6 Å². The van der Waals surface area contributed by atoms with E-state index in [1.807, 2.05) is 0 Å². The second-order valence-electron chi connectivity index (χ2n) is 3.83. The number of benzene rings is 1. The van der Waals surface area contributed by atoms with Gasteiger partial charge in [0.1, 0.15) is 10.8 Å². The molecule has 1 aromatic carbocycles. The predicted octanol–water partition coefficient (Wildman–Crippen LogP) is 4.35. The molecular weight excluding hydrogens is 329 g/mol. The van der Waals surface area contributed by atoms with Gasteiger partial charge in [-0.25, -0.2) is 14.4 Å². The molecule has 0 aliphatic carbocycles. The minimum absolute atomic E-state index is 0.239. The topological polar surface area (TPSA) is 37.8 Å². The molecule has 0 unspecified atom stereocenters. The maximum Gasteiger partial charge on any atom is 0.223 e. The second kappa shape index (κ2) is 6.86. The van der Waals surface area contributed by atoms with Gasteiger partial charge in [-0.1, -0.05) is 18.7 Å². The molecule has 19 heavy (non-hydrogen) atoms. The third-order valence-corrected chi connectivity index (χ3v) is 4.13. The molecule has 100 valence electrons. The average molecular weight is 342 g/mol. The molecule has 0 fully saturated rings. The normalized spacial score (nSPS) is 10.5. The molecule has 0 saturated carbocycles. The van der Waals surface area contributed by atoms with Crippen molar-refractivity contribution in [2.24, 2.45) is 0 Å². The third kappa shape index (κ3) is 4.18. The first-order chi connectivity index (χ1) is 9.19. The van der Waals surface area contributed by atoms with Gasteiger partial charge in [-0.05, 0) is 46.6 Å². The fraction of sp³-hybridized carbons (Fsp3) is 0.231. The number of nitrogens with zero attached hydrogens (tertiary/aromatic N) is 2. The molecule has 2 aromatic rings. The summed E-state index contributed by atoms with van der Waals surface area (Å²) in [5.41, 5.74) is 0. The third-order valence-electron chi connectivity index (χ3n) is 2.27. The standard InChI is InChI=1S/C13H13BrFN3S/c1-2-7-16-13-17-8-11(14)12(18-13)19-10-5-3-9(15)4-6-10/h3-6,8H,2,7H2,1H3,(H,16,17,18). The van der Waals surface area contributed by atoms with Crippen LogP contribution < -0.4 is 5.32 Å². The number of rotatable bonds is 5. The molecule has 0 aliphatic rings. The summed E-state index contributed by atoms with van der Waals surface area (Å²) in [5, 5.41) is 3.95. The van der Waals surface area contributed by atoms with Gasteiger partial charge >= 0.3 is 0 Å². The predicted molar refractivity (Wildman–Crippen MR) is 79.0 cm³/mol. The quantitative estimate of drug-likeness (QED) is 0.820. The van der Waals surface area contributed by atoms with Gasteiger partial charge in [-0.2, -0.15) is 0 Å². The van der Waals surface area contributed by atoms with Crippen LogP contribution >= 0.6 is 27.7 Å². The lowest BCUT2D eigenvalue weighted by molar-refractivity contribution is 0.626. The molecule has 0 amide bonds. The van der Waals surface area contributed by atoms with Crippen LogP contribution in [0.5, 0.6) is 0 Å². The van der Waals surface area contributed by atoms with Gasteiger partial charge in [0.15, 0.2) is 0 Å². The Bertz CT molecular complexity index is 548. The molecule has 0 spiro atoms. The molecule has 0 bridgehead atoms. The van der Waals surface area contributed by atoms with Crippen LogP contribution in [0, 0.1) is 5.82 Å². The van der Waals surface area contributed by atoms with E-state index >= 15 is 0 Å². The molecule has 2 rings (SSSR count). The Morgan fingerprint density at radius 3 is 2.74 bits per heavy atom. The van der Waals surface area contributed by atoms with E-state index in [1.165, 1.54) is 23.9 Å². The van der Waals surface area contributed by atoms with Gasteiger partial charge in [0, 0.05) is 17.6 Å². The number of halogens is 2. The van der Waals surface area contributed by atoms with Crippen molar-refractivity contribution in [3.63, 3.8) is 0 Å². The largest absolute Gasteiger partial charge is 0.354 e. The molecule has 0 atom stereocenters. The highest BCUT2D eigenvalue weighted by Crippen LogP contribution is 2.32. The molecule has 0 radical (unpaired) electrons. The summed E-state index contributed by atoms with van der Waals surface area (Å²) < 4.78 is 13.7. The van der Waals surface area contributed by atoms with E-state index in [-0.39, 0.29) is 5.82 Å². The van der Waals surface area contributed by atoms with Crippen LogP contribution in [0.4, 0.5) is 10.3 Å². The van der Waals surface area contributed by atoms with Crippen LogP contribution in [0.1, 0.15) is 13.3 Å². The van der Waals surface area contributed by atoms with Gasteiger partial charge in [-0.15, -0.1) is 0 Å². The van der Waals surface area contributed by atoms with Crippen LogP contribution in [0.3, 0.4) is 0 Å². The van der Waals surface area contributed by atoms with Gasteiger partial charge in [0.2, 0.25) is 5.95 Å². The molecule has 1 heterocycles. The van der Waals surface area contributed by atoms with Crippen LogP contribution in [0.15, 0.2) is 44.9 Å². The van der Waals surface area contributed by atoms with Gasteiger partial charge < -0.3 is 5.32 Å². The Hall–Kier alpha value is -1.14. The first-order valence-electron chi connectivity index (χ1n) is 5.89. The summed E-state index contributed by atoms with van der Waals surface area (Å²) >= 11 is 4.89. The molecule has 1 aromatic heterocycles. The fourth-order valence-electron chi connectivity index (χ4n) is 1.36. The summed E-state index contributed by atoms with van der Waals surface area (Å²) in [6.07, 6.45) is 2.73. The van der Waals surface area contributed by atoms with Crippen molar-refractivity contribution in [2.45, 2.75) is 23.3 Å². The highest BCUT2D eigenvalue weighted by Gasteiger charge is 2.07. The molecule has 0 aliphatic heterocycles. The smallest absolute Gasteiger partial charge is 0.223 e. The van der Waals surface area contributed by atoms with Crippen LogP contribution in [0.2, 0.25) is 0 Å². The lowest BCUT2D eigenvalue weighted by atomic mass is 10.4. The lowest BCUT2D eigenvalue weighted by Crippen LogP contribution is -2.04. The number of aromatic nitrogens is 2. The molecule has 3 nitrogen and oxygen atoms in total. The summed E-state index contributed by atoms with van der Waals surface area (Å²) in [7, 11) is 0. The van der Waals surface area contributed by atoms with Crippen LogP contribution in [-0.2, 0) is 0 Å². The minimum atomic E-state index is -0.239. The Morgan fingerprint density at radius 1 is 1.32 bits per heavy atom. The zero-order valence-corrected chi connectivity index (χ0v) is 12.8. The second-order valence-corrected chi connectivity index (χ2v) is 5.75. The fourth-order valence-corrected chi connectivity index (χ4v) is 2.57. The van der Waals surface area contributed by atoms with Gasteiger partial charge in [-0.3, -0.25) is 0 Å². The van der Waals surface area contributed by atoms with E-state index in [9.17, 15) is 4.39 Å². The number of anilines is 1. The Labute approximate surface area is 124 Å². The number of nitrogens with one attached hydrogen (secondary N) is 1. The van der Waals surface area contributed by atoms with Crippen molar-refractivity contribution in [3.8, 4) is 0 Å². The van der Waals surface area contributed by atoms with Gasteiger partial charge in [0.05, 0.1) is 4.47 Å². The lowest BCUT2D eigenvalue weighted by Gasteiger charge is -2.07. The Balaban J connectivity index is 2.16. The first kappa shape index (κ1) is 14.3. The molecule has 1 N–H and O–H groups in total. The zero-order chi connectivity index (χ0) is 13.7. The maximum absolute atomic E-state index is 12.9. The van der Waals surface area contributed by atoms with E-state index in [0.29, 0.717) is 5.95 Å². The molecule has 6 heteroatoms. The highest BCUT2D eigenvalue weighted by atomic mass is 79.9. The van der Waals surface area contributed by atoms with Crippen molar-refractivity contribution < 1.29 is 4.39 Å². The van der Waals surface area contributed by atoms with E-state index in [2.05, 4.69) is 38.1 Å². The number of hydrogen-bond acceptors (Lipinski definition) is 4. The van der Waals surface area contributed by atoms with Crippen LogP contribution in [-0.4, -0.2) is 16.5 Å². The van der Waals surface area contributed by atoms with E-state index < -0.39 is 0 Å². The highest BCUT2D eigenvalue weighted by molar-refractivity contribution is 9.10. The summed E-state index contributed by atoms with van der Waals surface area (Å²) in [4.78, 5) is 9.55. The maximum atomic E-state index is 12.9. The zero-order valence-electron chi connectivity index (χ0n) is 10.4. The minimum Gasteiger partial charge on any atom is -0.354 e. The first-order valence-corrected chi connectivity index (χ1v) is 7.50. The van der Waals surface area contributed by atoms with Crippen LogP contribution in [0.25, 0.3) is 0 Å². The monoisotopic (exact) mass is 341 g/mol. The molecule has 0 saturated heterocycles. The van der Waals surface area contributed by atoms with Crippen molar-refractivity contribution in [3.05, 3.63) is 40.8 Å². The summed E-state index contributed by atoms with van der Waals surface area (Å²) in [5.74, 6) is 0.367. The SMILES string of the molecule is CCCNc1ncc(Br)c(Sc2ccc(F)cc2)n1. The van der Waals surface area contributed by atoms with E-state index in [1.54, 1.807) is 18.3 Å². The molecular formula is C13H13BrFN3S. The van der Waals surface area contributed by atoms with Crippen molar-refractivity contribution in [1.82, 2.24) is 9.97 Å². The summed E-state index contributed by atoms with van der Waals surface area (Å²) in [6, 6.07) is 6.34. The average Bonchev–Trinajstić information content (AvgIpc) is 2.42. The number of hydrogen-bond donors (Lipinski definition) is 1. The summed E-state index contributed by atoms with van der Waals surface area (Å²) in [6.45, 7) is 2.92. The van der Waals surface area contributed by atoms with E-state index in [4.69, 9.17) is 0 Å². The van der Waals surface area contributed by atoms with Crippen molar-refractivity contribution in [1.29, 1.82) is 0 Å². The van der Waals surface area contributed by atoms with Crippen molar-refractivity contribution in [2.75, 3.05) is 11.9 Å². The van der Waals surface area contributed by atoms with Gasteiger partial charge in [0.25, 0.3) is 0 Å². The Kier molecular flexibility index (Phi) is 5.15. The Morgan fingerprint density at radius 2 is 2.05 bits per heavy atom.